The second kappa shape index (κ2) is 5.73. The molecular formula is C14H20N4O2. The molecule has 20 heavy (non-hydrogen) atoms. The highest BCUT2D eigenvalue weighted by Crippen LogP contribution is 2.30. The van der Waals surface area contributed by atoms with E-state index in [0.29, 0.717) is 31.1 Å². The van der Waals surface area contributed by atoms with Crippen LogP contribution in [0, 0.1) is 11.3 Å². The molecule has 3 rings (SSSR count). The lowest BCUT2D eigenvalue weighted by molar-refractivity contribution is 0.0962. The summed E-state index contributed by atoms with van der Waals surface area (Å²) in [6.07, 6.45) is 2.33. The first-order valence-electron chi connectivity index (χ1n) is 7.13. The number of rotatable bonds is 3. The summed E-state index contributed by atoms with van der Waals surface area (Å²) in [5.41, 5.74) is 7.41. The first kappa shape index (κ1) is 13.3. The van der Waals surface area contributed by atoms with Gasteiger partial charge in [-0.05, 0) is 18.9 Å². The number of nitrogens with two attached hydrogens (primary N) is 1. The van der Waals surface area contributed by atoms with Crippen molar-refractivity contribution in [3.8, 4) is 6.07 Å². The summed E-state index contributed by atoms with van der Waals surface area (Å²) in [5.74, 6) is 0.945. The zero-order valence-corrected chi connectivity index (χ0v) is 11.5. The number of aromatic nitrogens is 1. The largest absolute Gasteiger partial charge is 0.396 e. The van der Waals surface area contributed by atoms with Crippen molar-refractivity contribution in [2.75, 3.05) is 43.5 Å². The fourth-order valence-corrected chi connectivity index (χ4v) is 2.96. The third-order valence-electron chi connectivity index (χ3n) is 3.93. The maximum Gasteiger partial charge on any atom is 0.133 e. The Labute approximate surface area is 118 Å². The van der Waals surface area contributed by atoms with Gasteiger partial charge in [0, 0.05) is 19.7 Å². The molecular weight excluding hydrogens is 256 g/mol. The van der Waals surface area contributed by atoms with Crippen LogP contribution in [0.25, 0.3) is 0 Å². The quantitative estimate of drug-likeness (QED) is 0.889. The molecule has 0 aromatic carbocycles. The molecule has 2 saturated heterocycles. The fraction of sp³-hybridized carbons (Fsp3) is 0.643. The molecule has 6 heteroatoms. The number of nitrogens with zero attached hydrogens (tertiary/aromatic N) is 3. The van der Waals surface area contributed by atoms with Crippen molar-refractivity contribution in [1.29, 1.82) is 5.26 Å². The lowest BCUT2D eigenvalue weighted by atomic mass is 10.2. The molecule has 0 radical (unpaired) electrons. The minimum absolute atomic E-state index is 0.189. The van der Waals surface area contributed by atoms with Gasteiger partial charge in [0.05, 0.1) is 31.5 Å². The van der Waals surface area contributed by atoms with Gasteiger partial charge in [-0.15, -0.1) is 0 Å². The minimum atomic E-state index is 0.189. The lowest BCUT2D eigenvalue weighted by Gasteiger charge is -2.31. The molecule has 1 unspecified atom stereocenters. The van der Waals surface area contributed by atoms with Crippen molar-refractivity contribution in [3.63, 3.8) is 0 Å². The van der Waals surface area contributed by atoms with Crippen LogP contribution in [0.4, 0.5) is 11.5 Å². The predicted octanol–water partition coefficient (Wildman–Crippen LogP) is 0.958. The van der Waals surface area contributed by atoms with Crippen LogP contribution in [0.15, 0.2) is 6.07 Å². The molecule has 2 aliphatic rings. The van der Waals surface area contributed by atoms with Gasteiger partial charge in [0.1, 0.15) is 17.6 Å². The van der Waals surface area contributed by atoms with Crippen LogP contribution < -0.4 is 10.6 Å². The minimum Gasteiger partial charge on any atom is -0.396 e. The second-order valence-electron chi connectivity index (χ2n) is 5.27. The Kier molecular flexibility index (Phi) is 3.81. The first-order chi connectivity index (χ1) is 9.79. The predicted molar refractivity (Wildman–Crippen MR) is 75.6 cm³/mol. The SMILES string of the molecule is N#Cc1cc(N)c(N2CCOCC2)n1CC1CCCO1. The monoisotopic (exact) mass is 276 g/mol. The number of ether oxygens (including phenoxy) is 2. The van der Waals surface area contributed by atoms with Crippen molar-refractivity contribution in [1.82, 2.24) is 4.57 Å². The lowest BCUT2D eigenvalue weighted by Crippen LogP contribution is -2.38. The van der Waals surface area contributed by atoms with E-state index >= 15 is 0 Å². The molecule has 1 aromatic rings. The smallest absolute Gasteiger partial charge is 0.133 e. The van der Waals surface area contributed by atoms with E-state index in [4.69, 9.17) is 15.2 Å². The van der Waals surface area contributed by atoms with Gasteiger partial charge in [-0.3, -0.25) is 0 Å². The third kappa shape index (κ3) is 2.47. The number of nitrogen functional groups attached to an aromatic ring is 1. The van der Waals surface area contributed by atoms with Crippen LogP contribution in [-0.4, -0.2) is 43.6 Å². The highest BCUT2D eigenvalue weighted by Gasteiger charge is 2.24. The second-order valence-corrected chi connectivity index (χ2v) is 5.27. The molecule has 108 valence electrons. The average Bonchev–Trinajstić information content (AvgIpc) is 3.08. The first-order valence-corrected chi connectivity index (χ1v) is 7.13. The molecule has 1 atom stereocenters. The molecule has 3 heterocycles. The summed E-state index contributed by atoms with van der Waals surface area (Å²) >= 11 is 0. The Bertz CT molecular complexity index is 508. The standard InChI is InChI=1S/C14H20N4O2/c15-9-11-8-13(16)14(17-3-6-19-7-4-17)18(11)10-12-2-1-5-20-12/h8,12H,1-7,10,16H2. The van der Waals surface area contributed by atoms with Crippen LogP contribution in [0.2, 0.25) is 0 Å². The summed E-state index contributed by atoms with van der Waals surface area (Å²) in [4.78, 5) is 2.20. The van der Waals surface area contributed by atoms with Gasteiger partial charge in [-0.1, -0.05) is 0 Å². The van der Waals surface area contributed by atoms with E-state index in [0.717, 1.165) is 38.4 Å². The number of hydrogen-bond donors (Lipinski definition) is 1. The fourth-order valence-electron chi connectivity index (χ4n) is 2.96. The Morgan fingerprint density at radius 2 is 2.15 bits per heavy atom. The van der Waals surface area contributed by atoms with Gasteiger partial charge >= 0.3 is 0 Å². The molecule has 0 spiro atoms. The Morgan fingerprint density at radius 3 is 2.80 bits per heavy atom. The van der Waals surface area contributed by atoms with Gasteiger partial charge in [0.2, 0.25) is 0 Å². The van der Waals surface area contributed by atoms with Crippen molar-refractivity contribution in [2.24, 2.45) is 0 Å². The summed E-state index contributed by atoms with van der Waals surface area (Å²) < 4.78 is 13.1. The number of nitriles is 1. The van der Waals surface area contributed by atoms with E-state index in [-0.39, 0.29) is 6.10 Å². The molecule has 1 aromatic heterocycles. The third-order valence-corrected chi connectivity index (χ3v) is 3.93. The Hall–Kier alpha value is -1.71. The maximum absolute atomic E-state index is 9.32. The van der Waals surface area contributed by atoms with E-state index < -0.39 is 0 Å². The maximum atomic E-state index is 9.32. The Balaban J connectivity index is 1.90. The van der Waals surface area contributed by atoms with Crippen LogP contribution in [0.1, 0.15) is 18.5 Å². The van der Waals surface area contributed by atoms with Crippen LogP contribution in [0.5, 0.6) is 0 Å². The summed E-state index contributed by atoms with van der Waals surface area (Å²) in [6, 6.07) is 4.00. The van der Waals surface area contributed by atoms with Gasteiger partial charge in [0.15, 0.2) is 0 Å². The van der Waals surface area contributed by atoms with E-state index in [1.165, 1.54) is 0 Å². The number of anilines is 2. The molecule has 0 bridgehead atoms. The molecule has 0 saturated carbocycles. The van der Waals surface area contributed by atoms with Crippen molar-refractivity contribution in [2.45, 2.75) is 25.5 Å². The summed E-state index contributed by atoms with van der Waals surface area (Å²) in [6.45, 7) is 4.54. The van der Waals surface area contributed by atoms with E-state index in [9.17, 15) is 5.26 Å². The Morgan fingerprint density at radius 1 is 1.35 bits per heavy atom. The molecule has 2 aliphatic heterocycles. The highest BCUT2D eigenvalue weighted by atomic mass is 16.5. The zero-order chi connectivity index (χ0) is 13.9. The average molecular weight is 276 g/mol. The topological polar surface area (TPSA) is 76.4 Å². The molecule has 0 amide bonds. The van der Waals surface area contributed by atoms with Gasteiger partial charge in [0.25, 0.3) is 0 Å². The van der Waals surface area contributed by atoms with Crippen molar-refractivity contribution in [3.05, 3.63) is 11.8 Å². The molecule has 0 aliphatic carbocycles. The normalized spacial score (nSPS) is 22.9. The highest BCUT2D eigenvalue weighted by molar-refractivity contribution is 5.68. The van der Waals surface area contributed by atoms with Gasteiger partial charge < -0.3 is 24.7 Å². The van der Waals surface area contributed by atoms with Crippen LogP contribution >= 0.6 is 0 Å². The summed E-state index contributed by atoms with van der Waals surface area (Å²) in [5, 5.41) is 9.32. The van der Waals surface area contributed by atoms with Crippen LogP contribution in [0.3, 0.4) is 0 Å². The number of hydrogen-bond acceptors (Lipinski definition) is 5. The van der Waals surface area contributed by atoms with Crippen LogP contribution in [-0.2, 0) is 16.0 Å². The molecule has 6 nitrogen and oxygen atoms in total. The van der Waals surface area contributed by atoms with Gasteiger partial charge in [-0.25, -0.2) is 0 Å². The van der Waals surface area contributed by atoms with E-state index in [1.54, 1.807) is 6.07 Å². The van der Waals surface area contributed by atoms with Crippen molar-refractivity contribution >= 4 is 11.5 Å². The van der Waals surface area contributed by atoms with Crippen molar-refractivity contribution < 1.29 is 9.47 Å². The van der Waals surface area contributed by atoms with E-state index in [1.807, 2.05) is 4.57 Å². The summed E-state index contributed by atoms with van der Waals surface area (Å²) in [7, 11) is 0. The van der Waals surface area contributed by atoms with Gasteiger partial charge in [-0.2, -0.15) is 5.26 Å². The molecule has 2 N–H and O–H groups in total. The van der Waals surface area contributed by atoms with E-state index in [2.05, 4.69) is 11.0 Å². The molecule has 2 fully saturated rings. The zero-order valence-electron chi connectivity index (χ0n) is 11.5. The number of morpholine rings is 1.